The van der Waals surface area contributed by atoms with Crippen LogP contribution in [0, 0.1) is 0 Å². The van der Waals surface area contributed by atoms with Crippen molar-refractivity contribution in [2.24, 2.45) is 0 Å². The lowest BCUT2D eigenvalue weighted by Crippen LogP contribution is -2.09. The van der Waals surface area contributed by atoms with Crippen molar-refractivity contribution in [3.8, 4) is 66.8 Å². The molecule has 11 rings (SSSR count). The number of hydrogen-bond donors (Lipinski definition) is 0. The third-order valence-corrected chi connectivity index (χ3v) is 12.3. The molecule has 296 valence electrons. The van der Waals surface area contributed by atoms with Crippen LogP contribution in [0.25, 0.3) is 88.3 Å². The lowest BCUT2D eigenvalue weighted by Gasteiger charge is -2.26. The molecule has 0 aliphatic heterocycles. The zero-order chi connectivity index (χ0) is 42.0. The van der Waals surface area contributed by atoms with Gasteiger partial charge in [-0.05, 0) is 137 Å². The summed E-state index contributed by atoms with van der Waals surface area (Å²) in [7, 11) is 0. The number of rotatable bonds is 9. The van der Waals surface area contributed by atoms with Crippen molar-refractivity contribution >= 4 is 38.6 Å². The van der Waals surface area contributed by atoms with E-state index < -0.39 is 0 Å². The zero-order valence-electron chi connectivity index (χ0n) is 34.8. The average Bonchev–Trinajstić information content (AvgIpc) is 3.37. The fourth-order valence-corrected chi connectivity index (χ4v) is 8.99. The standard InChI is InChI=1S/C62H43N/c1-3-12-44(13-4-1)55-34-41-61(49-15-5-2-6-16-49)62(43-55)52-25-22-46(23-26-52)47-28-35-56(36-29-47)63(57-37-30-48(31-38-57)54-27-24-45-14-7-8-18-53(45)42-54)58-39-32-51(33-40-58)60-21-11-19-50-17-9-10-20-59(50)60/h1-43H. The topological polar surface area (TPSA) is 3.24 Å². The highest BCUT2D eigenvalue weighted by atomic mass is 15.1. The van der Waals surface area contributed by atoms with E-state index in [4.69, 9.17) is 0 Å². The minimum atomic E-state index is 1.09. The van der Waals surface area contributed by atoms with E-state index in [0.29, 0.717) is 0 Å². The number of hydrogen-bond acceptors (Lipinski definition) is 1. The van der Waals surface area contributed by atoms with Gasteiger partial charge >= 0.3 is 0 Å². The van der Waals surface area contributed by atoms with Gasteiger partial charge in [0, 0.05) is 17.1 Å². The Morgan fingerprint density at radius 3 is 1.24 bits per heavy atom. The number of nitrogens with zero attached hydrogens (tertiary/aromatic N) is 1. The van der Waals surface area contributed by atoms with Crippen LogP contribution in [0.2, 0.25) is 0 Å². The van der Waals surface area contributed by atoms with Gasteiger partial charge in [0.2, 0.25) is 0 Å². The van der Waals surface area contributed by atoms with Crippen LogP contribution in [0.5, 0.6) is 0 Å². The predicted octanol–water partition coefficient (Wildman–Crippen LogP) is 17.5. The van der Waals surface area contributed by atoms with E-state index >= 15 is 0 Å². The van der Waals surface area contributed by atoms with E-state index in [2.05, 4.69) is 266 Å². The Kier molecular flexibility index (Phi) is 9.97. The van der Waals surface area contributed by atoms with Crippen LogP contribution in [0.4, 0.5) is 17.1 Å². The normalized spacial score (nSPS) is 11.2. The van der Waals surface area contributed by atoms with Crippen LogP contribution < -0.4 is 4.90 Å². The first-order valence-electron chi connectivity index (χ1n) is 21.7. The van der Waals surface area contributed by atoms with E-state index in [1.807, 2.05) is 0 Å². The molecule has 0 aromatic heterocycles. The van der Waals surface area contributed by atoms with Crippen molar-refractivity contribution in [3.05, 3.63) is 261 Å². The molecule has 1 heteroatoms. The van der Waals surface area contributed by atoms with Gasteiger partial charge in [-0.2, -0.15) is 0 Å². The fourth-order valence-electron chi connectivity index (χ4n) is 8.99. The highest BCUT2D eigenvalue weighted by molar-refractivity contribution is 5.97. The van der Waals surface area contributed by atoms with Crippen LogP contribution in [-0.2, 0) is 0 Å². The molecule has 0 radical (unpaired) electrons. The predicted molar refractivity (Wildman–Crippen MR) is 269 cm³/mol. The minimum absolute atomic E-state index is 1.09. The molecule has 0 N–H and O–H groups in total. The van der Waals surface area contributed by atoms with E-state index in [-0.39, 0.29) is 0 Å². The van der Waals surface area contributed by atoms with Crippen molar-refractivity contribution in [2.75, 3.05) is 4.90 Å². The van der Waals surface area contributed by atoms with Gasteiger partial charge in [-0.15, -0.1) is 0 Å². The van der Waals surface area contributed by atoms with Crippen molar-refractivity contribution in [3.63, 3.8) is 0 Å². The largest absolute Gasteiger partial charge is 0.311 e. The molecule has 0 saturated heterocycles. The molecule has 0 atom stereocenters. The minimum Gasteiger partial charge on any atom is -0.311 e. The molecule has 63 heavy (non-hydrogen) atoms. The summed E-state index contributed by atoms with van der Waals surface area (Å²) in [6.45, 7) is 0. The van der Waals surface area contributed by atoms with E-state index in [0.717, 1.165) is 17.1 Å². The Morgan fingerprint density at radius 2 is 0.587 bits per heavy atom. The molecule has 0 spiro atoms. The summed E-state index contributed by atoms with van der Waals surface area (Å²) in [5, 5.41) is 5.00. The zero-order valence-corrected chi connectivity index (χ0v) is 34.8. The molecule has 11 aromatic carbocycles. The Bertz CT molecular complexity index is 3330. The van der Waals surface area contributed by atoms with Crippen molar-refractivity contribution in [2.45, 2.75) is 0 Å². The summed E-state index contributed by atoms with van der Waals surface area (Å²) in [5.41, 5.74) is 17.7. The van der Waals surface area contributed by atoms with Gasteiger partial charge in [0.05, 0.1) is 0 Å². The van der Waals surface area contributed by atoms with Crippen LogP contribution in [0.15, 0.2) is 261 Å². The van der Waals surface area contributed by atoms with E-state index in [1.54, 1.807) is 0 Å². The van der Waals surface area contributed by atoms with Crippen molar-refractivity contribution in [1.29, 1.82) is 0 Å². The lowest BCUT2D eigenvalue weighted by molar-refractivity contribution is 1.28. The molecule has 0 saturated carbocycles. The molecule has 0 fully saturated rings. The fraction of sp³-hybridized carbons (Fsp3) is 0. The van der Waals surface area contributed by atoms with Crippen LogP contribution in [0.1, 0.15) is 0 Å². The molecule has 1 nitrogen and oxygen atoms in total. The summed E-state index contributed by atoms with van der Waals surface area (Å²) in [4.78, 5) is 2.36. The van der Waals surface area contributed by atoms with Crippen molar-refractivity contribution in [1.82, 2.24) is 0 Å². The smallest absolute Gasteiger partial charge is 0.0462 e. The number of benzene rings is 11. The van der Waals surface area contributed by atoms with Gasteiger partial charge in [-0.3, -0.25) is 0 Å². The summed E-state index contributed by atoms with van der Waals surface area (Å²) < 4.78 is 0. The van der Waals surface area contributed by atoms with Gasteiger partial charge in [0.25, 0.3) is 0 Å². The second-order valence-corrected chi connectivity index (χ2v) is 16.1. The molecule has 0 heterocycles. The third-order valence-electron chi connectivity index (χ3n) is 12.3. The maximum atomic E-state index is 2.36. The molecular formula is C62H43N. The first-order valence-corrected chi connectivity index (χ1v) is 21.7. The van der Waals surface area contributed by atoms with Crippen LogP contribution in [-0.4, -0.2) is 0 Å². The molecular weight excluding hydrogens is 759 g/mol. The first-order chi connectivity index (χ1) is 31.2. The van der Waals surface area contributed by atoms with Crippen LogP contribution in [0.3, 0.4) is 0 Å². The quantitative estimate of drug-likeness (QED) is 0.141. The summed E-state index contributed by atoms with van der Waals surface area (Å²) in [6.07, 6.45) is 0. The monoisotopic (exact) mass is 801 g/mol. The Balaban J connectivity index is 0.933. The maximum absolute atomic E-state index is 2.36. The Hall–Kier alpha value is -8.26. The van der Waals surface area contributed by atoms with E-state index in [1.165, 1.54) is 88.3 Å². The van der Waals surface area contributed by atoms with Gasteiger partial charge in [0.1, 0.15) is 0 Å². The number of anilines is 3. The lowest BCUT2D eigenvalue weighted by atomic mass is 9.90. The van der Waals surface area contributed by atoms with Crippen LogP contribution >= 0.6 is 0 Å². The Labute approximate surface area is 369 Å². The average molecular weight is 802 g/mol. The van der Waals surface area contributed by atoms with Gasteiger partial charge in [-0.1, -0.05) is 212 Å². The molecule has 11 aromatic rings. The third kappa shape index (κ3) is 7.58. The molecule has 0 unspecified atom stereocenters. The molecule has 0 bridgehead atoms. The van der Waals surface area contributed by atoms with Gasteiger partial charge in [0.15, 0.2) is 0 Å². The summed E-state index contributed by atoms with van der Waals surface area (Å²) in [5.74, 6) is 0. The molecule has 0 amide bonds. The molecule has 0 aliphatic carbocycles. The van der Waals surface area contributed by atoms with Gasteiger partial charge < -0.3 is 4.90 Å². The maximum Gasteiger partial charge on any atom is 0.0462 e. The summed E-state index contributed by atoms with van der Waals surface area (Å²) >= 11 is 0. The number of fused-ring (bicyclic) bond motifs is 2. The highest BCUT2D eigenvalue weighted by Crippen LogP contribution is 2.40. The Morgan fingerprint density at radius 1 is 0.190 bits per heavy atom. The highest BCUT2D eigenvalue weighted by Gasteiger charge is 2.16. The summed E-state index contributed by atoms with van der Waals surface area (Å²) in [6, 6.07) is 94.6. The van der Waals surface area contributed by atoms with Crippen molar-refractivity contribution < 1.29 is 0 Å². The second-order valence-electron chi connectivity index (χ2n) is 16.1. The SMILES string of the molecule is c1ccc(-c2ccc(-c3ccccc3)c(-c3ccc(-c4ccc(N(c5ccc(-c6ccc7ccccc7c6)cc5)c5ccc(-c6cccc7ccccc67)cc5)cc4)cc3)c2)cc1. The van der Waals surface area contributed by atoms with Gasteiger partial charge in [-0.25, -0.2) is 0 Å². The first kappa shape index (κ1) is 37.7. The molecule has 0 aliphatic rings. The second kappa shape index (κ2) is 16.7. The van der Waals surface area contributed by atoms with E-state index in [9.17, 15) is 0 Å².